The van der Waals surface area contributed by atoms with Crippen LogP contribution in [0.1, 0.15) is 24.5 Å². The summed E-state index contributed by atoms with van der Waals surface area (Å²) in [6, 6.07) is 7.86. The van der Waals surface area contributed by atoms with Gasteiger partial charge in [-0.2, -0.15) is 5.26 Å². The summed E-state index contributed by atoms with van der Waals surface area (Å²) >= 11 is 3.44. The minimum Gasteiger partial charge on any atom is -0.466 e. The van der Waals surface area contributed by atoms with Crippen molar-refractivity contribution in [2.45, 2.75) is 26.2 Å². The van der Waals surface area contributed by atoms with E-state index in [0.717, 1.165) is 22.0 Å². The fraction of sp³-hybridized carbons (Fsp3) is 0.385. The topological polar surface area (TPSA) is 50.1 Å². The van der Waals surface area contributed by atoms with Crippen molar-refractivity contribution in [3.8, 4) is 6.07 Å². The van der Waals surface area contributed by atoms with Crippen molar-refractivity contribution in [1.82, 2.24) is 0 Å². The zero-order chi connectivity index (χ0) is 12.7. The summed E-state index contributed by atoms with van der Waals surface area (Å²) in [4.78, 5) is 11.3. The van der Waals surface area contributed by atoms with Crippen LogP contribution in [0.15, 0.2) is 22.7 Å². The van der Waals surface area contributed by atoms with Gasteiger partial charge in [0.25, 0.3) is 0 Å². The highest BCUT2D eigenvalue weighted by atomic mass is 79.9. The predicted molar refractivity (Wildman–Crippen MR) is 68.4 cm³/mol. The highest BCUT2D eigenvalue weighted by Crippen LogP contribution is 2.20. The number of carbonyl (C=O) groups is 1. The molecule has 0 bridgehead atoms. The van der Waals surface area contributed by atoms with Gasteiger partial charge in [-0.05, 0) is 30.5 Å². The lowest BCUT2D eigenvalue weighted by molar-refractivity contribution is -0.142. The van der Waals surface area contributed by atoms with Gasteiger partial charge in [0.05, 0.1) is 19.1 Å². The molecule has 4 heteroatoms. The van der Waals surface area contributed by atoms with E-state index in [0.29, 0.717) is 13.0 Å². The number of nitrogens with zero attached hydrogens (tertiary/aromatic N) is 1. The summed E-state index contributed by atoms with van der Waals surface area (Å²) in [7, 11) is 0. The Bertz CT molecular complexity index is 438. The first kappa shape index (κ1) is 13.7. The molecule has 0 aliphatic heterocycles. The second-order valence-electron chi connectivity index (χ2n) is 3.57. The van der Waals surface area contributed by atoms with E-state index in [1.54, 1.807) is 6.92 Å². The number of rotatable bonds is 5. The van der Waals surface area contributed by atoms with Gasteiger partial charge in [-0.3, -0.25) is 4.79 Å². The Labute approximate surface area is 110 Å². The maximum atomic E-state index is 11.3. The Morgan fingerprint density at radius 1 is 1.53 bits per heavy atom. The highest BCUT2D eigenvalue weighted by Gasteiger charge is 2.06. The van der Waals surface area contributed by atoms with Crippen molar-refractivity contribution < 1.29 is 9.53 Å². The minimum atomic E-state index is -0.218. The van der Waals surface area contributed by atoms with Crippen LogP contribution in [0.2, 0.25) is 0 Å². The number of halogens is 1. The molecule has 3 nitrogen and oxygen atoms in total. The quantitative estimate of drug-likeness (QED) is 0.785. The highest BCUT2D eigenvalue weighted by molar-refractivity contribution is 9.10. The number of esters is 1. The standard InChI is InChI=1S/C13H14BrNO2/c1-2-17-13(16)9-10-5-6-11(4-3-7-15)12(14)8-10/h5-6,8H,2-4,9H2,1H3. The summed E-state index contributed by atoms with van der Waals surface area (Å²) in [5, 5.41) is 8.52. The van der Waals surface area contributed by atoms with E-state index in [9.17, 15) is 4.79 Å². The lowest BCUT2D eigenvalue weighted by Crippen LogP contribution is -2.07. The molecule has 0 aliphatic rings. The number of benzene rings is 1. The predicted octanol–water partition coefficient (Wildman–Crippen LogP) is 3.01. The van der Waals surface area contributed by atoms with Crippen LogP contribution in [0.3, 0.4) is 0 Å². The number of ether oxygens (including phenoxy) is 1. The molecule has 0 radical (unpaired) electrons. The number of hydrogen-bond donors (Lipinski definition) is 0. The number of aryl methyl sites for hydroxylation is 1. The van der Waals surface area contributed by atoms with Crippen molar-refractivity contribution in [2.75, 3.05) is 6.61 Å². The molecule has 0 fully saturated rings. The van der Waals surface area contributed by atoms with Gasteiger partial charge in [-0.1, -0.05) is 28.1 Å². The zero-order valence-corrected chi connectivity index (χ0v) is 11.3. The molecule has 0 unspecified atom stereocenters. The Morgan fingerprint density at radius 3 is 2.88 bits per heavy atom. The first-order chi connectivity index (χ1) is 8.17. The van der Waals surface area contributed by atoms with E-state index in [4.69, 9.17) is 10.00 Å². The van der Waals surface area contributed by atoms with E-state index in [-0.39, 0.29) is 12.4 Å². The molecule has 1 aromatic carbocycles. The Balaban J connectivity index is 2.68. The fourth-order valence-electron chi connectivity index (χ4n) is 1.47. The van der Waals surface area contributed by atoms with Gasteiger partial charge in [0.2, 0.25) is 0 Å². The van der Waals surface area contributed by atoms with Crippen LogP contribution >= 0.6 is 15.9 Å². The lowest BCUT2D eigenvalue weighted by atomic mass is 10.1. The number of nitriles is 1. The molecule has 0 spiro atoms. The Kier molecular flexibility index (Phi) is 5.71. The van der Waals surface area contributed by atoms with Crippen molar-refractivity contribution in [3.63, 3.8) is 0 Å². The van der Waals surface area contributed by atoms with Gasteiger partial charge in [0.1, 0.15) is 0 Å². The van der Waals surface area contributed by atoms with Crippen LogP contribution < -0.4 is 0 Å². The van der Waals surface area contributed by atoms with Gasteiger partial charge in [0.15, 0.2) is 0 Å². The molecule has 0 saturated carbocycles. The number of hydrogen-bond acceptors (Lipinski definition) is 3. The molecule has 17 heavy (non-hydrogen) atoms. The van der Waals surface area contributed by atoms with Gasteiger partial charge in [-0.15, -0.1) is 0 Å². The Hall–Kier alpha value is -1.34. The summed E-state index contributed by atoms with van der Waals surface area (Å²) < 4.78 is 5.82. The molecule has 0 aliphatic carbocycles. The molecule has 1 rings (SSSR count). The van der Waals surface area contributed by atoms with Crippen molar-refractivity contribution in [2.24, 2.45) is 0 Å². The SMILES string of the molecule is CCOC(=O)Cc1ccc(CCC#N)c(Br)c1. The summed E-state index contributed by atoms with van der Waals surface area (Å²) in [5.74, 6) is -0.218. The van der Waals surface area contributed by atoms with Gasteiger partial charge in [0, 0.05) is 10.9 Å². The summed E-state index contributed by atoms with van der Waals surface area (Å²) in [6.45, 7) is 2.19. The molecule has 0 atom stereocenters. The molecule has 0 heterocycles. The van der Waals surface area contributed by atoms with Crippen LogP contribution in [0.4, 0.5) is 0 Å². The third-order valence-corrected chi connectivity index (χ3v) is 3.02. The van der Waals surface area contributed by atoms with Crippen LogP contribution in [0.5, 0.6) is 0 Å². The van der Waals surface area contributed by atoms with E-state index in [1.807, 2.05) is 18.2 Å². The van der Waals surface area contributed by atoms with Gasteiger partial charge >= 0.3 is 5.97 Å². The average Bonchev–Trinajstić information content (AvgIpc) is 2.28. The fourth-order valence-corrected chi connectivity index (χ4v) is 2.10. The van der Waals surface area contributed by atoms with Gasteiger partial charge in [-0.25, -0.2) is 0 Å². The van der Waals surface area contributed by atoms with Crippen molar-refractivity contribution in [1.29, 1.82) is 5.26 Å². The van der Waals surface area contributed by atoms with E-state index >= 15 is 0 Å². The maximum absolute atomic E-state index is 11.3. The molecule has 90 valence electrons. The van der Waals surface area contributed by atoms with Crippen LogP contribution in [-0.4, -0.2) is 12.6 Å². The van der Waals surface area contributed by atoms with Crippen LogP contribution in [0.25, 0.3) is 0 Å². The third-order valence-electron chi connectivity index (χ3n) is 2.28. The normalized spacial score (nSPS) is 9.71. The largest absolute Gasteiger partial charge is 0.466 e. The first-order valence-electron chi connectivity index (χ1n) is 5.47. The molecule has 0 amide bonds. The zero-order valence-electron chi connectivity index (χ0n) is 9.70. The van der Waals surface area contributed by atoms with E-state index < -0.39 is 0 Å². The molecule has 0 aromatic heterocycles. The molecule has 0 N–H and O–H groups in total. The summed E-state index contributed by atoms with van der Waals surface area (Å²) in [5.41, 5.74) is 2.00. The second kappa shape index (κ2) is 7.08. The minimum absolute atomic E-state index is 0.218. The molecular weight excluding hydrogens is 282 g/mol. The molecular formula is C13H14BrNO2. The van der Waals surface area contributed by atoms with Crippen LogP contribution in [-0.2, 0) is 22.4 Å². The first-order valence-corrected chi connectivity index (χ1v) is 6.26. The van der Waals surface area contributed by atoms with E-state index in [1.165, 1.54) is 0 Å². The smallest absolute Gasteiger partial charge is 0.310 e. The lowest BCUT2D eigenvalue weighted by Gasteiger charge is -2.06. The monoisotopic (exact) mass is 295 g/mol. The number of carbonyl (C=O) groups excluding carboxylic acids is 1. The van der Waals surface area contributed by atoms with Gasteiger partial charge < -0.3 is 4.74 Å². The van der Waals surface area contributed by atoms with Crippen LogP contribution in [0, 0.1) is 11.3 Å². The van der Waals surface area contributed by atoms with Crippen molar-refractivity contribution >= 4 is 21.9 Å². The maximum Gasteiger partial charge on any atom is 0.310 e. The molecule has 0 saturated heterocycles. The Morgan fingerprint density at radius 2 is 2.29 bits per heavy atom. The third kappa shape index (κ3) is 4.58. The second-order valence-corrected chi connectivity index (χ2v) is 4.42. The molecule has 1 aromatic rings. The average molecular weight is 296 g/mol. The van der Waals surface area contributed by atoms with E-state index in [2.05, 4.69) is 22.0 Å². The summed E-state index contributed by atoms with van der Waals surface area (Å²) in [6.07, 6.45) is 1.50. The van der Waals surface area contributed by atoms with Crippen molar-refractivity contribution in [3.05, 3.63) is 33.8 Å².